The molecule has 0 aromatic heterocycles. The molecule has 0 aromatic rings. The summed E-state index contributed by atoms with van der Waals surface area (Å²) in [4.78, 5) is 26.7. The van der Waals surface area contributed by atoms with Crippen LogP contribution >= 0.6 is 0 Å². The van der Waals surface area contributed by atoms with E-state index in [4.69, 9.17) is 10.1 Å². The Morgan fingerprint density at radius 2 is 1.51 bits per heavy atom. The quantitative estimate of drug-likeness (QED) is 0.201. The van der Waals surface area contributed by atoms with Crippen molar-refractivity contribution in [1.82, 2.24) is 0 Å². The van der Waals surface area contributed by atoms with E-state index in [2.05, 4.69) is 0 Å². The maximum atomic E-state index is 13.7. The highest BCUT2D eigenvalue weighted by Gasteiger charge is 2.73. The zero-order chi connectivity index (χ0) is 26.3. The average Bonchev–Trinajstić information content (AvgIpc) is 3.12. The fourth-order valence-electron chi connectivity index (χ4n) is 4.68. The van der Waals surface area contributed by atoms with Crippen molar-refractivity contribution < 1.29 is 39.9 Å². The van der Waals surface area contributed by atoms with Gasteiger partial charge in [0.1, 0.15) is 23.4 Å². The molecule has 1 aliphatic heterocycles. The van der Waals surface area contributed by atoms with E-state index in [0.29, 0.717) is 0 Å². The molecule has 0 radical (unpaired) electrons. The van der Waals surface area contributed by atoms with Crippen molar-refractivity contribution in [2.24, 2.45) is 11.8 Å². The molecule has 1 saturated heterocycles. The number of hydrogen-bond acceptors (Lipinski definition) is 9. The molecule has 2 fully saturated rings. The average molecular weight is 484 g/mol. The van der Waals surface area contributed by atoms with Crippen LogP contribution < -0.4 is 0 Å². The number of Topliss-reactive ketones (excluding diaryl/α,β-unsaturated/α-hetero) is 2. The number of aliphatic hydroxyl groups excluding tert-OH is 3. The number of nitrogens with one attached hydrogen (secondary N) is 1. The third kappa shape index (κ3) is 3.81. The molecule has 9 heteroatoms. The number of ether oxygens (including phenoxy) is 1. The van der Waals surface area contributed by atoms with E-state index in [9.17, 15) is 35.1 Å². The Morgan fingerprint density at radius 1 is 0.971 bits per heavy atom. The van der Waals surface area contributed by atoms with Gasteiger partial charge < -0.3 is 35.7 Å². The van der Waals surface area contributed by atoms with Crippen LogP contribution in [0.25, 0.3) is 0 Å². The lowest BCUT2D eigenvalue weighted by atomic mass is 9.62. The van der Waals surface area contributed by atoms with E-state index in [1.807, 2.05) is 0 Å². The molecule has 1 saturated carbocycles. The molecule has 186 valence electrons. The highest BCUT2D eigenvalue weighted by atomic mass is 16.7. The lowest BCUT2D eigenvalue weighted by molar-refractivity contribution is -0.274. The molecule has 2 aliphatic carbocycles. The van der Waals surface area contributed by atoms with E-state index in [-0.39, 0.29) is 11.1 Å². The Balaban J connectivity index is 2.31. The molecule has 3 aliphatic rings. The maximum Gasteiger partial charge on any atom is 0.212 e. The van der Waals surface area contributed by atoms with Crippen LogP contribution in [0.15, 0.2) is 82.6 Å². The summed E-state index contributed by atoms with van der Waals surface area (Å²) in [6, 6.07) is 0. The zero-order valence-corrected chi connectivity index (χ0v) is 19.8. The molecule has 35 heavy (non-hydrogen) atoms. The predicted molar refractivity (Wildman–Crippen MR) is 128 cm³/mol. The molecule has 3 rings (SSSR count). The molecule has 1 heterocycles. The fourth-order valence-corrected chi connectivity index (χ4v) is 4.68. The highest BCUT2D eigenvalue weighted by Crippen LogP contribution is 2.56. The Kier molecular flexibility index (Phi) is 6.90. The van der Waals surface area contributed by atoms with Crippen LogP contribution in [0.5, 0.6) is 0 Å². The van der Waals surface area contributed by atoms with Crippen molar-refractivity contribution >= 4 is 17.3 Å². The first-order valence-corrected chi connectivity index (χ1v) is 11.0. The van der Waals surface area contributed by atoms with Crippen LogP contribution in [0.1, 0.15) is 27.7 Å². The van der Waals surface area contributed by atoms with Crippen molar-refractivity contribution in [1.29, 1.82) is 5.41 Å². The fraction of sp³-hybridized carbons (Fsp3) is 0.346. The standard InChI is InChI=1S/C26H29NO8/c1-5-7-9-11-14(28)16-18-19-22(32)17(15(29)12-10-8-6-2)24(27)25(4,33)26(19,34)35-23(18)21(31)13(3)20(16)30/h5-12,18-19,23,27-30,33-34H,1-4H3/b7-5+,8-6+,11-9+,12-10+,16-14+,17-15-,27-24?/t18?,19?,23?,25-,26+/m0/s1. The third-order valence-corrected chi connectivity index (χ3v) is 6.60. The molecule has 0 bridgehead atoms. The van der Waals surface area contributed by atoms with Crippen LogP contribution in [0, 0.1) is 17.2 Å². The number of rotatable bonds is 4. The summed E-state index contributed by atoms with van der Waals surface area (Å²) in [6.07, 6.45) is 10.3. The first kappa shape index (κ1) is 26.1. The normalized spacial score (nSPS) is 36.7. The van der Waals surface area contributed by atoms with Gasteiger partial charge in [-0.1, -0.05) is 36.5 Å². The molecular formula is C26H29NO8. The minimum absolute atomic E-state index is 0.162. The number of aliphatic hydroxyl groups is 5. The van der Waals surface area contributed by atoms with Crippen LogP contribution in [-0.2, 0) is 14.3 Å². The van der Waals surface area contributed by atoms with E-state index < -0.39 is 69.5 Å². The topological polar surface area (TPSA) is 168 Å². The van der Waals surface area contributed by atoms with Gasteiger partial charge in [-0.05, 0) is 39.8 Å². The number of ketones is 2. The van der Waals surface area contributed by atoms with E-state index in [1.54, 1.807) is 38.2 Å². The smallest absolute Gasteiger partial charge is 0.212 e. The molecule has 5 atom stereocenters. The van der Waals surface area contributed by atoms with Gasteiger partial charge in [0.25, 0.3) is 0 Å². The summed E-state index contributed by atoms with van der Waals surface area (Å²) < 4.78 is 5.61. The van der Waals surface area contributed by atoms with E-state index in [1.165, 1.54) is 25.2 Å². The molecule has 0 aromatic carbocycles. The van der Waals surface area contributed by atoms with Gasteiger partial charge in [0.2, 0.25) is 5.79 Å². The van der Waals surface area contributed by atoms with Crippen molar-refractivity contribution in [3.05, 3.63) is 82.6 Å². The SMILES string of the molecule is C/C=C/C=C/C(O)=C1/C(=N)[C@](C)(O)[C@]2(O)OC3C(=O)C(C)=C(O)\C(=C(O)/C=C/C=C/C)C3C2C1=O. The maximum absolute atomic E-state index is 13.7. The second-order valence-electron chi connectivity index (χ2n) is 8.72. The van der Waals surface area contributed by atoms with Crippen LogP contribution in [0.2, 0.25) is 0 Å². The predicted octanol–water partition coefficient (Wildman–Crippen LogP) is 2.96. The first-order chi connectivity index (χ1) is 16.4. The summed E-state index contributed by atoms with van der Waals surface area (Å²) in [5, 5.41) is 63.3. The van der Waals surface area contributed by atoms with Gasteiger partial charge >= 0.3 is 0 Å². The third-order valence-electron chi connectivity index (χ3n) is 6.60. The molecule has 0 spiro atoms. The summed E-state index contributed by atoms with van der Waals surface area (Å²) >= 11 is 0. The van der Waals surface area contributed by atoms with Gasteiger partial charge in [-0.3, -0.25) is 9.59 Å². The second kappa shape index (κ2) is 9.26. The van der Waals surface area contributed by atoms with Gasteiger partial charge in [0.15, 0.2) is 17.2 Å². The molecule has 6 N–H and O–H groups in total. The van der Waals surface area contributed by atoms with Crippen molar-refractivity contribution in [3.8, 4) is 0 Å². The number of allylic oxidation sites excluding steroid dienone is 9. The minimum atomic E-state index is -2.76. The van der Waals surface area contributed by atoms with Gasteiger partial charge in [-0.15, -0.1) is 0 Å². The molecule has 3 unspecified atom stereocenters. The van der Waals surface area contributed by atoms with Crippen LogP contribution in [0.3, 0.4) is 0 Å². The van der Waals surface area contributed by atoms with E-state index >= 15 is 0 Å². The summed E-state index contributed by atoms with van der Waals surface area (Å²) in [7, 11) is 0. The van der Waals surface area contributed by atoms with Gasteiger partial charge in [-0.25, -0.2) is 0 Å². The van der Waals surface area contributed by atoms with Gasteiger partial charge in [-0.2, -0.15) is 0 Å². The van der Waals surface area contributed by atoms with Crippen molar-refractivity contribution in [2.45, 2.75) is 45.2 Å². The van der Waals surface area contributed by atoms with Crippen LogP contribution in [0.4, 0.5) is 0 Å². The highest BCUT2D eigenvalue weighted by molar-refractivity contribution is 6.28. The number of carbonyl (C=O) groups excluding carboxylic acids is 2. The number of hydrogen-bond donors (Lipinski definition) is 6. The molecular weight excluding hydrogens is 454 g/mol. The Labute approximate surface area is 202 Å². The molecule has 9 nitrogen and oxygen atoms in total. The summed E-state index contributed by atoms with van der Waals surface area (Å²) in [6.45, 7) is 5.82. The lowest BCUT2D eigenvalue weighted by Gasteiger charge is -2.45. The van der Waals surface area contributed by atoms with Crippen LogP contribution in [-0.4, -0.2) is 60.3 Å². The Hall–Kier alpha value is -3.53. The molecule has 0 amide bonds. The first-order valence-electron chi connectivity index (χ1n) is 11.0. The van der Waals surface area contributed by atoms with Crippen molar-refractivity contribution in [3.63, 3.8) is 0 Å². The largest absolute Gasteiger partial charge is 0.508 e. The summed E-state index contributed by atoms with van der Waals surface area (Å²) in [5.74, 6) is -9.34. The number of fused-ring (bicyclic) bond motifs is 3. The second-order valence-corrected chi connectivity index (χ2v) is 8.72. The summed E-state index contributed by atoms with van der Waals surface area (Å²) in [5.41, 5.74) is -4.30. The van der Waals surface area contributed by atoms with E-state index in [0.717, 1.165) is 13.0 Å². The lowest BCUT2D eigenvalue weighted by Crippen LogP contribution is -2.67. The van der Waals surface area contributed by atoms with Crippen molar-refractivity contribution in [2.75, 3.05) is 0 Å². The number of carbonyl (C=O) groups is 2. The zero-order valence-electron chi connectivity index (χ0n) is 19.8. The minimum Gasteiger partial charge on any atom is -0.508 e. The Morgan fingerprint density at radius 3 is 2.06 bits per heavy atom. The monoisotopic (exact) mass is 483 g/mol. The Bertz CT molecular complexity index is 1190. The van der Waals surface area contributed by atoms with Gasteiger partial charge in [0, 0.05) is 17.1 Å². The van der Waals surface area contributed by atoms with Gasteiger partial charge in [0.05, 0.1) is 17.2 Å².